The van der Waals surface area contributed by atoms with Crippen molar-refractivity contribution in [2.45, 2.75) is 57.7 Å². The highest BCUT2D eigenvalue weighted by Crippen LogP contribution is 2.36. The minimum Gasteiger partial charge on any atom is -0.396 e. The van der Waals surface area contributed by atoms with Gasteiger partial charge in [-0.3, -0.25) is 4.90 Å². The summed E-state index contributed by atoms with van der Waals surface area (Å²) < 4.78 is 0. The maximum absolute atomic E-state index is 9.13. The van der Waals surface area contributed by atoms with Gasteiger partial charge in [0.15, 0.2) is 0 Å². The zero-order valence-electron chi connectivity index (χ0n) is 12.0. The summed E-state index contributed by atoms with van der Waals surface area (Å²) in [6, 6.07) is 5.48. The van der Waals surface area contributed by atoms with Gasteiger partial charge in [0.2, 0.25) is 0 Å². The summed E-state index contributed by atoms with van der Waals surface area (Å²) in [6.45, 7) is 5.46. The average molecular weight is 282 g/mol. The fraction of sp³-hybridized carbons (Fsp3) is 0.733. The van der Waals surface area contributed by atoms with E-state index in [2.05, 4.69) is 30.9 Å². The Morgan fingerprint density at radius 3 is 2.63 bits per heavy atom. The Bertz CT molecular complexity index is 387. The molecule has 0 aliphatic heterocycles. The minimum atomic E-state index is 0.123. The first kappa shape index (κ1) is 15.0. The van der Waals surface area contributed by atoms with Gasteiger partial charge in [-0.2, -0.15) is 0 Å². The van der Waals surface area contributed by atoms with E-state index in [0.29, 0.717) is 12.1 Å². The van der Waals surface area contributed by atoms with Gasteiger partial charge < -0.3 is 10.8 Å². The molecule has 4 heteroatoms. The quantitative estimate of drug-likeness (QED) is 0.808. The van der Waals surface area contributed by atoms with Gasteiger partial charge >= 0.3 is 0 Å². The Kier molecular flexibility index (Phi) is 5.39. The van der Waals surface area contributed by atoms with E-state index in [-0.39, 0.29) is 12.6 Å². The molecule has 1 aromatic rings. The second-order valence-electron chi connectivity index (χ2n) is 5.65. The van der Waals surface area contributed by atoms with Crippen molar-refractivity contribution >= 4 is 11.3 Å². The van der Waals surface area contributed by atoms with Gasteiger partial charge in [-0.15, -0.1) is 11.3 Å². The third-order valence-electron chi connectivity index (χ3n) is 4.03. The number of rotatable bonds is 7. The fourth-order valence-electron chi connectivity index (χ4n) is 2.86. The smallest absolute Gasteiger partial charge is 0.0593 e. The molecule has 1 fully saturated rings. The fourth-order valence-corrected chi connectivity index (χ4v) is 3.97. The van der Waals surface area contributed by atoms with Crippen molar-refractivity contribution in [1.82, 2.24) is 4.90 Å². The first-order chi connectivity index (χ1) is 9.13. The van der Waals surface area contributed by atoms with E-state index in [4.69, 9.17) is 10.8 Å². The van der Waals surface area contributed by atoms with Gasteiger partial charge in [0, 0.05) is 35.0 Å². The molecule has 1 aromatic heterocycles. The van der Waals surface area contributed by atoms with E-state index >= 15 is 0 Å². The maximum Gasteiger partial charge on any atom is 0.0593 e. The standard InChI is InChI=1S/C15H26N2OS/c1-11-7-8-14(19-11)15(12(2)16)17(9-4-10-18)13-5-3-6-13/h7-8,12-13,15,18H,3-6,9-10,16H2,1-2H3. The highest BCUT2D eigenvalue weighted by molar-refractivity contribution is 7.12. The summed E-state index contributed by atoms with van der Waals surface area (Å²) in [5, 5.41) is 9.13. The predicted octanol–water partition coefficient (Wildman–Crippen LogP) is 2.68. The van der Waals surface area contributed by atoms with Gasteiger partial charge in [0.25, 0.3) is 0 Å². The van der Waals surface area contributed by atoms with Crippen LogP contribution in [0.15, 0.2) is 12.1 Å². The third-order valence-corrected chi connectivity index (χ3v) is 5.10. The van der Waals surface area contributed by atoms with E-state index in [1.807, 2.05) is 11.3 Å². The first-order valence-electron chi connectivity index (χ1n) is 7.32. The summed E-state index contributed by atoms with van der Waals surface area (Å²) in [4.78, 5) is 5.25. The second kappa shape index (κ2) is 6.84. The molecule has 0 aromatic carbocycles. The lowest BCUT2D eigenvalue weighted by Crippen LogP contribution is -2.48. The first-order valence-corrected chi connectivity index (χ1v) is 8.13. The molecular weight excluding hydrogens is 256 g/mol. The van der Waals surface area contributed by atoms with Crippen molar-refractivity contribution in [3.8, 4) is 0 Å². The highest BCUT2D eigenvalue weighted by atomic mass is 32.1. The predicted molar refractivity (Wildman–Crippen MR) is 81.5 cm³/mol. The van der Waals surface area contributed by atoms with Crippen LogP contribution in [-0.2, 0) is 0 Å². The number of aliphatic hydroxyl groups excluding tert-OH is 1. The van der Waals surface area contributed by atoms with Crippen molar-refractivity contribution in [1.29, 1.82) is 0 Å². The van der Waals surface area contributed by atoms with Crippen LogP contribution < -0.4 is 5.73 Å². The van der Waals surface area contributed by atoms with Crippen LogP contribution in [0.25, 0.3) is 0 Å². The number of aliphatic hydroxyl groups is 1. The molecule has 2 rings (SSSR count). The summed E-state index contributed by atoms with van der Waals surface area (Å²) in [6.07, 6.45) is 4.72. The lowest BCUT2D eigenvalue weighted by Gasteiger charge is -2.43. The summed E-state index contributed by atoms with van der Waals surface area (Å²) in [7, 11) is 0. The highest BCUT2D eigenvalue weighted by Gasteiger charge is 2.33. The summed E-state index contributed by atoms with van der Waals surface area (Å²) in [5.41, 5.74) is 6.27. The topological polar surface area (TPSA) is 49.5 Å². The molecule has 1 saturated carbocycles. The minimum absolute atomic E-state index is 0.123. The average Bonchev–Trinajstić information content (AvgIpc) is 2.69. The number of thiophene rings is 1. The normalized spacial score (nSPS) is 19.4. The molecule has 19 heavy (non-hydrogen) atoms. The van der Waals surface area contributed by atoms with Gasteiger partial charge in [-0.1, -0.05) is 6.42 Å². The molecule has 0 radical (unpaired) electrons. The molecule has 0 spiro atoms. The van der Waals surface area contributed by atoms with E-state index in [0.717, 1.165) is 13.0 Å². The molecule has 3 nitrogen and oxygen atoms in total. The molecule has 0 amide bonds. The Labute approximate surface area is 120 Å². The van der Waals surface area contributed by atoms with Crippen molar-refractivity contribution < 1.29 is 5.11 Å². The zero-order chi connectivity index (χ0) is 13.8. The van der Waals surface area contributed by atoms with Crippen molar-refractivity contribution in [3.05, 3.63) is 21.9 Å². The lowest BCUT2D eigenvalue weighted by atomic mass is 9.89. The third kappa shape index (κ3) is 3.57. The van der Waals surface area contributed by atoms with Crippen LogP contribution in [0.2, 0.25) is 0 Å². The lowest BCUT2D eigenvalue weighted by molar-refractivity contribution is 0.0629. The Morgan fingerprint density at radius 1 is 1.47 bits per heavy atom. The van der Waals surface area contributed by atoms with Crippen LogP contribution in [0.3, 0.4) is 0 Å². The van der Waals surface area contributed by atoms with Gasteiger partial charge in [0.05, 0.1) is 6.04 Å². The van der Waals surface area contributed by atoms with Crippen LogP contribution in [0.5, 0.6) is 0 Å². The SMILES string of the molecule is Cc1ccc(C(C(C)N)N(CCCO)C2CCC2)s1. The van der Waals surface area contributed by atoms with Crippen LogP contribution in [0.1, 0.15) is 48.4 Å². The summed E-state index contributed by atoms with van der Waals surface area (Å²) >= 11 is 1.85. The summed E-state index contributed by atoms with van der Waals surface area (Å²) in [5.74, 6) is 0. The second-order valence-corrected chi connectivity index (χ2v) is 6.97. The van der Waals surface area contributed by atoms with E-state index < -0.39 is 0 Å². The van der Waals surface area contributed by atoms with Gasteiger partial charge in [-0.25, -0.2) is 0 Å². The van der Waals surface area contributed by atoms with Crippen LogP contribution in [0.4, 0.5) is 0 Å². The van der Waals surface area contributed by atoms with Crippen molar-refractivity contribution in [2.24, 2.45) is 5.73 Å². The zero-order valence-corrected chi connectivity index (χ0v) is 12.8. The largest absolute Gasteiger partial charge is 0.396 e. The molecule has 108 valence electrons. The molecule has 1 aliphatic carbocycles. The van der Waals surface area contributed by atoms with Gasteiger partial charge in [0.1, 0.15) is 0 Å². The Morgan fingerprint density at radius 2 is 2.21 bits per heavy atom. The van der Waals surface area contributed by atoms with E-state index in [9.17, 15) is 0 Å². The van der Waals surface area contributed by atoms with E-state index in [1.165, 1.54) is 29.0 Å². The number of hydrogen-bond acceptors (Lipinski definition) is 4. The van der Waals surface area contributed by atoms with Crippen LogP contribution >= 0.6 is 11.3 Å². The van der Waals surface area contributed by atoms with Crippen molar-refractivity contribution in [3.63, 3.8) is 0 Å². The number of aryl methyl sites for hydroxylation is 1. The van der Waals surface area contributed by atoms with Crippen LogP contribution in [-0.4, -0.2) is 35.2 Å². The molecule has 3 N–H and O–H groups in total. The monoisotopic (exact) mass is 282 g/mol. The molecular formula is C15H26N2OS. The Balaban J connectivity index is 2.17. The molecule has 1 aliphatic rings. The van der Waals surface area contributed by atoms with Crippen molar-refractivity contribution in [2.75, 3.05) is 13.2 Å². The van der Waals surface area contributed by atoms with Gasteiger partial charge in [-0.05, 0) is 45.2 Å². The molecule has 0 saturated heterocycles. The number of nitrogens with two attached hydrogens (primary N) is 1. The Hall–Kier alpha value is -0.420. The molecule has 1 heterocycles. The maximum atomic E-state index is 9.13. The number of nitrogens with zero attached hydrogens (tertiary/aromatic N) is 1. The van der Waals surface area contributed by atoms with E-state index in [1.54, 1.807) is 0 Å². The molecule has 0 bridgehead atoms. The molecule has 2 atom stereocenters. The van der Waals surface area contributed by atoms with Crippen LogP contribution in [0, 0.1) is 6.92 Å². The number of hydrogen-bond donors (Lipinski definition) is 2. The molecule has 2 unspecified atom stereocenters.